The smallest absolute Gasteiger partial charge is 0.226 e. The lowest BCUT2D eigenvalue weighted by Crippen LogP contribution is -2.28. The Morgan fingerprint density at radius 3 is 2.68 bits per heavy atom. The minimum atomic E-state index is -0.0399. The number of thiazole rings is 1. The van der Waals surface area contributed by atoms with Crippen molar-refractivity contribution in [3.63, 3.8) is 0 Å². The molecule has 0 aliphatic carbocycles. The van der Waals surface area contributed by atoms with Gasteiger partial charge in [0.05, 0.1) is 18.2 Å². The highest BCUT2D eigenvalue weighted by molar-refractivity contribution is 7.13. The Hall–Kier alpha value is -2.73. The molecular formula is C19H20N4OS. The van der Waals surface area contributed by atoms with Gasteiger partial charge in [0.2, 0.25) is 5.91 Å². The number of anilines is 2. The van der Waals surface area contributed by atoms with Crippen LogP contribution in [0.15, 0.2) is 53.9 Å². The van der Waals surface area contributed by atoms with Crippen LogP contribution in [-0.4, -0.2) is 15.9 Å². The second-order valence-corrected chi connectivity index (χ2v) is 6.67. The molecule has 0 aliphatic rings. The standard InChI is InChI=1S/C19H20N4OS/c1-13-7-6-10-17(20-13)23-19-22-16(12-25-19)11-18(24)21-14(2)15-8-4-3-5-9-15/h3-10,12,14H,11H2,1-2H3,(H,21,24)(H,20,22,23)/t14-/m1/s1. The Labute approximate surface area is 151 Å². The fourth-order valence-corrected chi connectivity index (χ4v) is 3.17. The van der Waals surface area contributed by atoms with Crippen LogP contribution in [0, 0.1) is 6.92 Å². The molecule has 0 aliphatic heterocycles. The van der Waals surface area contributed by atoms with Crippen LogP contribution in [0.4, 0.5) is 10.9 Å². The third kappa shape index (κ3) is 4.87. The van der Waals surface area contributed by atoms with E-state index < -0.39 is 0 Å². The number of hydrogen-bond acceptors (Lipinski definition) is 5. The minimum absolute atomic E-state index is 0.0265. The highest BCUT2D eigenvalue weighted by atomic mass is 32.1. The lowest BCUT2D eigenvalue weighted by atomic mass is 10.1. The molecule has 0 unspecified atom stereocenters. The quantitative estimate of drug-likeness (QED) is 0.703. The Morgan fingerprint density at radius 2 is 1.92 bits per heavy atom. The Balaban J connectivity index is 1.56. The van der Waals surface area contributed by atoms with Crippen molar-refractivity contribution < 1.29 is 4.79 Å². The Kier molecular flexibility index (Phi) is 5.40. The third-order valence-corrected chi connectivity index (χ3v) is 4.50. The molecule has 0 bridgehead atoms. The van der Waals surface area contributed by atoms with E-state index in [-0.39, 0.29) is 18.4 Å². The van der Waals surface area contributed by atoms with Gasteiger partial charge in [0.1, 0.15) is 5.82 Å². The molecule has 0 spiro atoms. The fourth-order valence-electron chi connectivity index (χ4n) is 2.45. The molecule has 5 nitrogen and oxygen atoms in total. The summed E-state index contributed by atoms with van der Waals surface area (Å²) in [6, 6.07) is 15.7. The molecule has 25 heavy (non-hydrogen) atoms. The predicted octanol–water partition coefficient (Wildman–Crippen LogP) is 4.01. The molecule has 2 aromatic heterocycles. The first-order valence-corrected chi connectivity index (χ1v) is 8.97. The van der Waals surface area contributed by atoms with E-state index in [1.807, 2.05) is 67.8 Å². The average Bonchev–Trinajstić information content (AvgIpc) is 3.02. The fraction of sp³-hybridized carbons (Fsp3) is 0.211. The second-order valence-electron chi connectivity index (χ2n) is 5.81. The largest absolute Gasteiger partial charge is 0.349 e. The zero-order chi connectivity index (χ0) is 17.6. The number of benzene rings is 1. The van der Waals surface area contributed by atoms with Gasteiger partial charge < -0.3 is 10.6 Å². The molecule has 0 saturated heterocycles. The van der Waals surface area contributed by atoms with Crippen molar-refractivity contribution in [3.8, 4) is 0 Å². The highest BCUT2D eigenvalue weighted by Gasteiger charge is 2.12. The first-order valence-electron chi connectivity index (χ1n) is 8.09. The number of nitrogens with zero attached hydrogens (tertiary/aromatic N) is 2. The monoisotopic (exact) mass is 352 g/mol. The van der Waals surface area contributed by atoms with Gasteiger partial charge in [-0.25, -0.2) is 9.97 Å². The van der Waals surface area contributed by atoms with Crippen LogP contribution in [0.25, 0.3) is 0 Å². The minimum Gasteiger partial charge on any atom is -0.349 e. The van der Waals surface area contributed by atoms with Crippen LogP contribution in [0.1, 0.15) is 29.9 Å². The highest BCUT2D eigenvalue weighted by Crippen LogP contribution is 2.20. The number of aromatic nitrogens is 2. The maximum atomic E-state index is 12.2. The number of carbonyl (C=O) groups excluding carboxylic acids is 1. The van der Waals surface area contributed by atoms with Gasteiger partial charge in [0.15, 0.2) is 5.13 Å². The molecule has 0 saturated carbocycles. The van der Waals surface area contributed by atoms with Gasteiger partial charge in [-0.3, -0.25) is 4.79 Å². The van der Waals surface area contributed by atoms with E-state index in [1.165, 1.54) is 11.3 Å². The molecule has 6 heteroatoms. The molecule has 1 aromatic carbocycles. The van der Waals surface area contributed by atoms with E-state index in [4.69, 9.17) is 0 Å². The van der Waals surface area contributed by atoms with E-state index >= 15 is 0 Å². The molecule has 2 heterocycles. The molecule has 128 valence electrons. The molecule has 0 fully saturated rings. The summed E-state index contributed by atoms with van der Waals surface area (Å²) in [6.45, 7) is 3.92. The molecular weight excluding hydrogens is 332 g/mol. The Morgan fingerprint density at radius 1 is 1.12 bits per heavy atom. The lowest BCUT2D eigenvalue weighted by Gasteiger charge is -2.13. The van der Waals surface area contributed by atoms with Crippen molar-refractivity contribution in [2.75, 3.05) is 5.32 Å². The predicted molar refractivity (Wildman–Crippen MR) is 101 cm³/mol. The summed E-state index contributed by atoms with van der Waals surface area (Å²) in [5.74, 6) is 0.713. The SMILES string of the molecule is Cc1cccc(Nc2nc(CC(=O)N[C@H](C)c3ccccc3)cs2)n1. The summed E-state index contributed by atoms with van der Waals surface area (Å²) in [5, 5.41) is 8.80. The van der Waals surface area contributed by atoms with E-state index in [9.17, 15) is 4.79 Å². The lowest BCUT2D eigenvalue weighted by molar-refractivity contribution is -0.121. The van der Waals surface area contributed by atoms with Gasteiger partial charge in [-0.05, 0) is 31.5 Å². The van der Waals surface area contributed by atoms with Crippen LogP contribution in [0.2, 0.25) is 0 Å². The molecule has 3 aromatic rings. The first kappa shape index (κ1) is 17.1. The van der Waals surface area contributed by atoms with Crippen molar-refractivity contribution in [3.05, 3.63) is 70.9 Å². The van der Waals surface area contributed by atoms with Crippen LogP contribution in [0.5, 0.6) is 0 Å². The maximum Gasteiger partial charge on any atom is 0.226 e. The third-order valence-electron chi connectivity index (χ3n) is 3.69. The van der Waals surface area contributed by atoms with Crippen LogP contribution >= 0.6 is 11.3 Å². The van der Waals surface area contributed by atoms with E-state index in [0.717, 1.165) is 27.9 Å². The number of pyridine rings is 1. The van der Waals surface area contributed by atoms with Gasteiger partial charge in [0.25, 0.3) is 0 Å². The first-order chi connectivity index (χ1) is 12.1. The number of amides is 1. The van der Waals surface area contributed by atoms with Crippen LogP contribution in [0.3, 0.4) is 0 Å². The molecule has 0 radical (unpaired) electrons. The van der Waals surface area contributed by atoms with Crippen LogP contribution < -0.4 is 10.6 Å². The van der Waals surface area contributed by atoms with Crippen molar-refractivity contribution in [2.45, 2.75) is 26.3 Å². The molecule has 2 N–H and O–H groups in total. The average molecular weight is 352 g/mol. The van der Waals surface area contributed by atoms with E-state index in [1.54, 1.807) is 0 Å². The summed E-state index contributed by atoms with van der Waals surface area (Å²) in [4.78, 5) is 21.1. The topological polar surface area (TPSA) is 66.9 Å². The summed E-state index contributed by atoms with van der Waals surface area (Å²) >= 11 is 1.47. The summed E-state index contributed by atoms with van der Waals surface area (Å²) in [7, 11) is 0. The van der Waals surface area contributed by atoms with Gasteiger partial charge in [-0.15, -0.1) is 11.3 Å². The van der Waals surface area contributed by atoms with Gasteiger partial charge in [0, 0.05) is 11.1 Å². The van der Waals surface area contributed by atoms with Gasteiger partial charge >= 0.3 is 0 Å². The number of aryl methyl sites for hydroxylation is 1. The van der Waals surface area contributed by atoms with Crippen molar-refractivity contribution in [1.82, 2.24) is 15.3 Å². The van der Waals surface area contributed by atoms with E-state index in [0.29, 0.717) is 0 Å². The molecule has 1 atom stereocenters. The second kappa shape index (κ2) is 7.90. The number of carbonyl (C=O) groups is 1. The van der Waals surface area contributed by atoms with Gasteiger partial charge in [-0.2, -0.15) is 0 Å². The number of rotatable bonds is 6. The summed E-state index contributed by atoms with van der Waals surface area (Å²) < 4.78 is 0. The number of nitrogens with one attached hydrogen (secondary N) is 2. The van der Waals surface area contributed by atoms with Crippen molar-refractivity contribution >= 4 is 28.2 Å². The molecule has 1 amide bonds. The Bertz CT molecular complexity index is 847. The number of hydrogen-bond donors (Lipinski definition) is 2. The van der Waals surface area contributed by atoms with Crippen molar-refractivity contribution in [1.29, 1.82) is 0 Å². The molecule has 3 rings (SSSR count). The van der Waals surface area contributed by atoms with E-state index in [2.05, 4.69) is 20.6 Å². The van der Waals surface area contributed by atoms with Gasteiger partial charge in [-0.1, -0.05) is 36.4 Å². The normalized spacial score (nSPS) is 11.8. The zero-order valence-electron chi connectivity index (χ0n) is 14.2. The summed E-state index contributed by atoms with van der Waals surface area (Å²) in [5.41, 5.74) is 2.77. The van der Waals surface area contributed by atoms with Crippen LogP contribution in [-0.2, 0) is 11.2 Å². The summed E-state index contributed by atoms with van der Waals surface area (Å²) in [6.07, 6.45) is 0.261. The zero-order valence-corrected chi connectivity index (χ0v) is 15.0. The maximum absolute atomic E-state index is 12.2. The van der Waals surface area contributed by atoms with Crippen molar-refractivity contribution in [2.24, 2.45) is 0 Å².